The van der Waals surface area contributed by atoms with Crippen molar-refractivity contribution in [3.8, 4) is 0 Å². The largest absolute Gasteiger partial charge is 0.359 e. The zero-order valence-electron chi connectivity index (χ0n) is 17.4. The lowest BCUT2D eigenvalue weighted by atomic mass is 9.93. The Morgan fingerprint density at radius 3 is 2.83 bits per heavy atom. The third kappa shape index (κ3) is 3.73. The number of hydrogen-bond acceptors (Lipinski definition) is 6. The summed E-state index contributed by atoms with van der Waals surface area (Å²) in [5, 5.41) is 7.21. The van der Waals surface area contributed by atoms with Gasteiger partial charge in [-0.25, -0.2) is 5.43 Å². The molecule has 1 amide bonds. The zero-order chi connectivity index (χ0) is 20.5. The summed E-state index contributed by atoms with van der Waals surface area (Å²) in [4.78, 5) is 25.3. The molecule has 3 N–H and O–H groups in total. The number of carbonyl (C=O) groups is 1. The monoisotopic (exact) mass is 407 g/mol. The molecule has 0 saturated carbocycles. The van der Waals surface area contributed by atoms with Crippen molar-refractivity contribution in [1.82, 2.24) is 25.5 Å². The molecule has 1 atom stereocenters. The first kappa shape index (κ1) is 19.3. The number of carbonyl (C=O) groups excluding carboxylic acids is 1. The Morgan fingerprint density at radius 1 is 1.20 bits per heavy atom. The van der Waals surface area contributed by atoms with Gasteiger partial charge in [-0.05, 0) is 49.9 Å². The molecule has 1 aromatic rings. The Morgan fingerprint density at radius 2 is 2.03 bits per heavy atom. The van der Waals surface area contributed by atoms with Gasteiger partial charge in [-0.2, -0.15) is 5.10 Å². The number of hydrazone groups is 1. The first-order valence-corrected chi connectivity index (χ1v) is 10.9. The van der Waals surface area contributed by atoms with Crippen molar-refractivity contribution in [1.29, 1.82) is 0 Å². The van der Waals surface area contributed by atoms with Gasteiger partial charge in [-0.15, -0.1) is 0 Å². The second kappa shape index (κ2) is 8.20. The fraction of sp³-hybridized carbons (Fsp3) is 0.500. The van der Waals surface area contributed by atoms with Gasteiger partial charge in [0.15, 0.2) is 0 Å². The molecule has 8 nitrogen and oxygen atoms in total. The number of fused-ring (bicyclic) bond motifs is 1. The van der Waals surface area contributed by atoms with Gasteiger partial charge in [0.05, 0.1) is 11.4 Å². The van der Waals surface area contributed by atoms with Gasteiger partial charge in [-0.1, -0.05) is 0 Å². The number of aromatic nitrogens is 1. The Hall–Kier alpha value is -2.71. The molecule has 5 rings (SSSR count). The van der Waals surface area contributed by atoms with E-state index in [4.69, 9.17) is 0 Å². The molecule has 1 saturated heterocycles. The molecule has 0 aromatic carbocycles. The molecule has 8 heteroatoms. The van der Waals surface area contributed by atoms with E-state index in [1.165, 1.54) is 29.7 Å². The molecular weight excluding hydrogens is 378 g/mol. The number of allylic oxidation sites excluding steroid dienone is 1. The minimum absolute atomic E-state index is 0.139. The van der Waals surface area contributed by atoms with E-state index in [2.05, 4.69) is 48.7 Å². The van der Waals surface area contributed by atoms with Gasteiger partial charge in [0, 0.05) is 62.7 Å². The van der Waals surface area contributed by atoms with Crippen LogP contribution in [0, 0.1) is 5.92 Å². The highest BCUT2D eigenvalue weighted by Gasteiger charge is 2.30. The van der Waals surface area contributed by atoms with E-state index in [0.29, 0.717) is 5.71 Å². The van der Waals surface area contributed by atoms with Gasteiger partial charge in [0.1, 0.15) is 5.92 Å². The molecule has 1 unspecified atom stereocenters. The summed E-state index contributed by atoms with van der Waals surface area (Å²) in [5.74, 6) is -0.598. The summed E-state index contributed by atoms with van der Waals surface area (Å²) in [6, 6.07) is 0. The van der Waals surface area contributed by atoms with E-state index in [-0.39, 0.29) is 5.91 Å². The summed E-state index contributed by atoms with van der Waals surface area (Å²) in [6.45, 7) is 5.38. The van der Waals surface area contributed by atoms with Crippen LogP contribution < -0.4 is 10.7 Å². The molecule has 30 heavy (non-hydrogen) atoms. The van der Waals surface area contributed by atoms with Crippen LogP contribution in [-0.2, 0) is 24.2 Å². The number of piperazine rings is 1. The summed E-state index contributed by atoms with van der Waals surface area (Å²) in [6.07, 6.45) is 12.0. The maximum atomic E-state index is 12.2. The standard InChI is InChI=1S/C22H29N7O/c1-28-8-10-29(11-9-28)14-17-15-4-2-3-5-18(15)26-19(17)12-20-21(24-7-6-23-20)16-13-25-27-22(16)30/h6-7,12-13,16,23,26H,2-5,8-11,14H2,1H3,(H,27,30). The van der Waals surface area contributed by atoms with Crippen molar-refractivity contribution >= 4 is 23.9 Å². The van der Waals surface area contributed by atoms with E-state index in [1.807, 2.05) is 6.20 Å². The van der Waals surface area contributed by atoms with Crippen LogP contribution in [0.1, 0.15) is 35.4 Å². The molecule has 1 aromatic heterocycles. The number of aromatic amines is 1. The Labute approximate surface area is 176 Å². The highest BCUT2D eigenvalue weighted by molar-refractivity contribution is 6.24. The number of aryl methyl sites for hydroxylation is 1. The van der Waals surface area contributed by atoms with Crippen LogP contribution >= 0.6 is 0 Å². The summed E-state index contributed by atoms with van der Waals surface area (Å²) < 4.78 is 0. The van der Waals surface area contributed by atoms with Crippen LogP contribution in [0.4, 0.5) is 0 Å². The van der Waals surface area contributed by atoms with Crippen LogP contribution in [0.25, 0.3) is 6.08 Å². The molecule has 158 valence electrons. The van der Waals surface area contributed by atoms with Gasteiger partial charge >= 0.3 is 0 Å². The molecule has 1 aliphatic carbocycles. The van der Waals surface area contributed by atoms with Crippen molar-refractivity contribution in [2.75, 3.05) is 33.2 Å². The van der Waals surface area contributed by atoms with Crippen molar-refractivity contribution in [3.63, 3.8) is 0 Å². The van der Waals surface area contributed by atoms with Gasteiger partial charge < -0.3 is 15.2 Å². The fourth-order valence-corrected chi connectivity index (χ4v) is 4.71. The lowest BCUT2D eigenvalue weighted by Crippen LogP contribution is -2.44. The van der Waals surface area contributed by atoms with E-state index in [0.717, 1.165) is 57.0 Å². The molecule has 1 fully saturated rings. The van der Waals surface area contributed by atoms with Crippen molar-refractivity contribution < 1.29 is 4.79 Å². The smallest absolute Gasteiger partial charge is 0.254 e. The van der Waals surface area contributed by atoms with E-state index in [1.54, 1.807) is 12.4 Å². The predicted molar refractivity (Wildman–Crippen MR) is 118 cm³/mol. The minimum atomic E-state index is -0.459. The SMILES string of the molecule is CN1CCN(Cc2c(C=C3NC=CN=C3C3C=NNC3=O)[nH]c3c2CCCC3)CC1. The number of nitrogens with zero attached hydrogens (tertiary/aromatic N) is 4. The van der Waals surface area contributed by atoms with Gasteiger partial charge in [0.25, 0.3) is 5.91 Å². The Kier molecular flexibility index (Phi) is 5.26. The fourth-order valence-electron chi connectivity index (χ4n) is 4.71. The molecule has 0 spiro atoms. The zero-order valence-corrected chi connectivity index (χ0v) is 17.4. The number of hydrogen-bond donors (Lipinski definition) is 3. The first-order chi connectivity index (χ1) is 14.7. The summed E-state index contributed by atoms with van der Waals surface area (Å²) >= 11 is 0. The van der Waals surface area contributed by atoms with Crippen LogP contribution in [0.15, 0.2) is 28.2 Å². The van der Waals surface area contributed by atoms with Crippen molar-refractivity contribution in [2.24, 2.45) is 16.0 Å². The Bertz CT molecular complexity index is 947. The van der Waals surface area contributed by atoms with Crippen molar-refractivity contribution in [2.45, 2.75) is 32.2 Å². The highest BCUT2D eigenvalue weighted by atomic mass is 16.2. The van der Waals surface area contributed by atoms with Gasteiger partial charge in [-0.3, -0.25) is 14.7 Å². The lowest BCUT2D eigenvalue weighted by Gasteiger charge is -2.32. The molecule has 3 aliphatic heterocycles. The van der Waals surface area contributed by atoms with E-state index < -0.39 is 5.92 Å². The summed E-state index contributed by atoms with van der Waals surface area (Å²) in [7, 11) is 2.19. The number of nitrogens with one attached hydrogen (secondary N) is 3. The van der Waals surface area contributed by atoms with Gasteiger partial charge in [0.2, 0.25) is 0 Å². The number of aliphatic imine (C=N–C) groups is 1. The highest BCUT2D eigenvalue weighted by Crippen LogP contribution is 2.30. The quantitative estimate of drug-likeness (QED) is 0.701. The third-order valence-corrected chi connectivity index (χ3v) is 6.49. The van der Waals surface area contributed by atoms with Crippen LogP contribution in [0.2, 0.25) is 0 Å². The minimum Gasteiger partial charge on any atom is -0.359 e. The molecule has 0 radical (unpaired) electrons. The second-order valence-corrected chi connectivity index (χ2v) is 8.53. The molecule has 4 heterocycles. The van der Waals surface area contributed by atoms with Crippen molar-refractivity contribution in [3.05, 3.63) is 40.6 Å². The number of rotatable bonds is 4. The topological polar surface area (TPSA) is 88.1 Å². The first-order valence-electron chi connectivity index (χ1n) is 10.9. The summed E-state index contributed by atoms with van der Waals surface area (Å²) in [5.41, 5.74) is 9.49. The van der Waals surface area contributed by atoms with Crippen LogP contribution in [0.3, 0.4) is 0 Å². The predicted octanol–water partition coefficient (Wildman–Crippen LogP) is 1.23. The van der Waals surface area contributed by atoms with E-state index in [9.17, 15) is 4.79 Å². The molecular formula is C22H29N7O. The third-order valence-electron chi connectivity index (χ3n) is 6.49. The lowest BCUT2D eigenvalue weighted by molar-refractivity contribution is -0.120. The number of amides is 1. The molecule has 4 aliphatic rings. The van der Waals surface area contributed by atoms with Crippen LogP contribution in [0.5, 0.6) is 0 Å². The maximum absolute atomic E-state index is 12.2. The normalized spacial score (nSPS) is 25.9. The maximum Gasteiger partial charge on any atom is 0.254 e. The number of likely N-dealkylation sites (N-methyl/N-ethyl adjacent to an activating group) is 1. The van der Waals surface area contributed by atoms with Crippen LogP contribution in [-0.4, -0.2) is 65.8 Å². The Balaban J connectivity index is 1.48. The average Bonchev–Trinajstić information content (AvgIpc) is 3.34. The molecule has 0 bridgehead atoms. The van der Waals surface area contributed by atoms with E-state index >= 15 is 0 Å². The average molecular weight is 408 g/mol. The second-order valence-electron chi connectivity index (χ2n) is 8.53. The number of H-pyrrole nitrogens is 1.